The number of nitrogens with one attached hydrogen (secondary N) is 1. The van der Waals surface area contributed by atoms with E-state index in [1.807, 2.05) is 29.2 Å². The maximum absolute atomic E-state index is 12.4. The molecule has 1 N–H and O–H groups in total. The Kier molecular flexibility index (Phi) is 7.59. The number of carbonyl (C=O) groups is 2. The van der Waals surface area contributed by atoms with E-state index in [4.69, 9.17) is 0 Å². The fraction of sp³-hybridized carbons (Fsp3) is 0.600. The third-order valence-electron chi connectivity index (χ3n) is 5.40. The van der Waals surface area contributed by atoms with Crippen molar-refractivity contribution in [2.75, 3.05) is 55.3 Å². The fourth-order valence-corrected chi connectivity index (χ4v) is 7.22. The molecule has 3 rings (SSSR count). The molecule has 0 aromatic heterocycles. The van der Waals surface area contributed by atoms with Gasteiger partial charge in [0.05, 0.1) is 23.8 Å². The van der Waals surface area contributed by atoms with E-state index in [0.717, 1.165) is 17.7 Å². The monoisotopic (exact) mass is 439 g/mol. The quantitative estimate of drug-likeness (QED) is 0.688. The SMILES string of the molecule is CCc1ccccc1NC(=O)CN1CCN(C(=O)CSC2CCS(=O)(=O)C2)CC1. The highest BCUT2D eigenvalue weighted by Gasteiger charge is 2.29. The molecule has 2 aliphatic rings. The van der Waals surface area contributed by atoms with Crippen molar-refractivity contribution in [3.05, 3.63) is 29.8 Å². The molecule has 2 amide bonds. The van der Waals surface area contributed by atoms with Crippen LogP contribution in [0.15, 0.2) is 24.3 Å². The average molecular weight is 440 g/mol. The average Bonchev–Trinajstić information content (AvgIpc) is 3.06. The van der Waals surface area contributed by atoms with E-state index in [1.165, 1.54) is 11.8 Å². The molecule has 0 bridgehead atoms. The number of nitrogens with zero attached hydrogens (tertiary/aromatic N) is 2. The third-order valence-corrected chi connectivity index (χ3v) is 8.66. The van der Waals surface area contributed by atoms with Crippen LogP contribution in [0.2, 0.25) is 0 Å². The van der Waals surface area contributed by atoms with Crippen LogP contribution < -0.4 is 5.32 Å². The minimum atomic E-state index is -2.90. The summed E-state index contributed by atoms with van der Waals surface area (Å²) in [5, 5.41) is 3.03. The number of thioether (sulfide) groups is 1. The molecular weight excluding hydrogens is 410 g/mol. The smallest absolute Gasteiger partial charge is 0.238 e. The number of amides is 2. The third kappa shape index (κ3) is 6.45. The number of rotatable bonds is 7. The van der Waals surface area contributed by atoms with Gasteiger partial charge >= 0.3 is 0 Å². The van der Waals surface area contributed by atoms with Crippen LogP contribution in [0.4, 0.5) is 5.69 Å². The van der Waals surface area contributed by atoms with Gasteiger partial charge in [0.15, 0.2) is 9.84 Å². The van der Waals surface area contributed by atoms with Crippen LogP contribution in [-0.2, 0) is 25.8 Å². The highest BCUT2D eigenvalue weighted by atomic mass is 32.2. The maximum Gasteiger partial charge on any atom is 0.238 e. The van der Waals surface area contributed by atoms with Crippen molar-refractivity contribution in [3.8, 4) is 0 Å². The lowest BCUT2D eigenvalue weighted by Crippen LogP contribution is -2.51. The molecule has 0 spiro atoms. The molecule has 29 heavy (non-hydrogen) atoms. The topological polar surface area (TPSA) is 86.8 Å². The lowest BCUT2D eigenvalue weighted by atomic mass is 10.1. The number of hydrogen-bond donors (Lipinski definition) is 1. The Bertz CT molecular complexity index is 836. The molecule has 2 saturated heterocycles. The van der Waals surface area contributed by atoms with Crippen molar-refractivity contribution < 1.29 is 18.0 Å². The number of hydrogen-bond acceptors (Lipinski definition) is 6. The number of sulfone groups is 1. The molecule has 2 aliphatic heterocycles. The van der Waals surface area contributed by atoms with E-state index in [0.29, 0.717) is 44.9 Å². The summed E-state index contributed by atoms with van der Waals surface area (Å²) < 4.78 is 23.0. The number of piperazine rings is 1. The predicted molar refractivity (Wildman–Crippen MR) is 117 cm³/mol. The Morgan fingerprint density at radius 1 is 1.17 bits per heavy atom. The van der Waals surface area contributed by atoms with Crippen LogP contribution in [0.5, 0.6) is 0 Å². The zero-order valence-electron chi connectivity index (χ0n) is 16.8. The van der Waals surface area contributed by atoms with Gasteiger partial charge in [-0.2, -0.15) is 0 Å². The predicted octanol–water partition coefficient (Wildman–Crippen LogP) is 1.25. The van der Waals surface area contributed by atoms with Crippen molar-refractivity contribution in [2.45, 2.75) is 25.0 Å². The molecule has 0 saturated carbocycles. The summed E-state index contributed by atoms with van der Waals surface area (Å²) in [5.41, 5.74) is 1.98. The molecule has 160 valence electrons. The van der Waals surface area contributed by atoms with Gasteiger partial charge in [-0.1, -0.05) is 25.1 Å². The molecule has 1 unspecified atom stereocenters. The number of anilines is 1. The number of para-hydroxylation sites is 1. The molecule has 0 aliphatic carbocycles. The Balaban J connectivity index is 1.38. The maximum atomic E-state index is 12.4. The molecule has 0 radical (unpaired) electrons. The summed E-state index contributed by atoms with van der Waals surface area (Å²) in [5.74, 6) is 0.773. The zero-order chi connectivity index (χ0) is 20.9. The molecule has 1 aromatic rings. The first-order chi connectivity index (χ1) is 13.9. The van der Waals surface area contributed by atoms with Gasteiger partial charge in [-0.15, -0.1) is 11.8 Å². The number of carbonyl (C=O) groups excluding carboxylic acids is 2. The van der Waals surface area contributed by atoms with Crippen LogP contribution in [0.1, 0.15) is 18.9 Å². The summed E-state index contributed by atoms with van der Waals surface area (Å²) in [6, 6.07) is 7.81. The molecule has 2 fully saturated rings. The van der Waals surface area contributed by atoms with Crippen LogP contribution >= 0.6 is 11.8 Å². The van der Waals surface area contributed by atoms with Gasteiger partial charge < -0.3 is 10.2 Å². The van der Waals surface area contributed by atoms with Gasteiger partial charge in [0.25, 0.3) is 0 Å². The first kappa shape index (κ1) is 22.1. The highest BCUT2D eigenvalue weighted by molar-refractivity contribution is 8.02. The minimum absolute atomic E-state index is 0.0383. The van der Waals surface area contributed by atoms with Crippen molar-refractivity contribution in [2.24, 2.45) is 0 Å². The molecular formula is C20H29N3O4S2. The lowest BCUT2D eigenvalue weighted by Gasteiger charge is -2.34. The molecule has 1 atom stereocenters. The molecule has 1 aromatic carbocycles. The van der Waals surface area contributed by atoms with Gasteiger partial charge in [0.2, 0.25) is 11.8 Å². The normalized spacial score (nSPS) is 21.8. The molecule has 9 heteroatoms. The van der Waals surface area contributed by atoms with Crippen LogP contribution in [0.3, 0.4) is 0 Å². The van der Waals surface area contributed by atoms with E-state index < -0.39 is 9.84 Å². The van der Waals surface area contributed by atoms with Crippen molar-refractivity contribution in [1.29, 1.82) is 0 Å². The lowest BCUT2D eigenvalue weighted by molar-refractivity contribution is -0.130. The van der Waals surface area contributed by atoms with Crippen molar-refractivity contribution in [1.82, 2.24) is 9.80 Å². The summed E-state index contributed by atoms with van der Waals surface area (Å²) >= 11 is 1.46. The molecule has 7 nitrogen and oxygen atoms in total. The largest absolute Gasteiger partial charge is 0.339 e. The second kappa shape index (κ2) is 9.95. The standard InChI is InChI=1S/C20H29N3O4S2/c1-2-16-5-3-4-6-18(16)21-19(24)13-22-8-10-23(11-9-22)20(25)14-28-17-7-12-29(26,27)15-17/h3-6,17H,2,7-15H2,1H3,(H,21,24). The van der Waals surface area contributed by atoms with Crippen molar-refractivity contribution in [3.63, 3.8) is 0 Å². The highest BCUT2D eigenvalue weighted by Crippen LogP contribution is 2.24. The Labute approximate surface area is 177 Å². The summed E-state index contributed by atoms with van der Waals surface area (Å²) in [7, 11) is -2.90. The van der Waals surface area contributed by atoms with E-state index in [-0.39, 0.29) is 28.6 Å². The number of aryl methyl sites for hydroxylation is 1. The Morgan fingerprint density at radius 3 is 2.55 bits per heavy atom. The number of benzene rings is 1. The van der Waals surface area contributed by atoms with Crippen LogP contribution in [0, 0.1) is 0 Å². The minimum Gasteiger partial charge on any atom is -0.339 e. The van der Waals surface area contributed by atoms with Crippen LogP contribution in [-0.4, -0.2) is 85.3 Å². The van der Waals surface area contributed by atoms with Gasteiger partial charge in [0, 0.05) is 37.1 Å². The van der Waals surface area contributed by atoms with Crippen LogP contribution in [0.25, 0.3) is 0 Å². The Morgan fingerprint density at radius 2 is 1.90 bits per heavy atom. The van der Waals surface area contributed by atoms with Gasteiger partial charge in [0.1, 0.15) is 0 Å². The zero-order valence-corrected chi connectivity index (χ0v) is 18.4. The van der Waals surface area contributed by atoms with E-state index in [2.05, 4.69) is 17.1 Å². The van der Waals surface area contributed by atoms with Gasteiger partial charge in [-0.05, 0) is 24.5 Å². The second-order valence-corrected chi connectivity index (χ2v) is 11.1. The van der Waals surface area contributed by atoms with Gasteiger partial charge in [-0.3, -0.25) is 14.5 Å². The molecule has 2 heterocycles. The van der Waals surface area contributed by atoms with Gasteiger partial charge in [-0.25, -0.2) is 8.42 Å². The fourth-order valence-electron chi connectivity index (χ4n) is 3.67. The van der Waals surface area contributed by atoms with Crippen molar-refractivity contribution >= 4 is 39.1 Å². The summed E-state index contributed by atoms with van der Waals surface area (Å²) in [6.45, 7) is 4.90. The van der Waals surface area contributed by atoms with E-state index >= 15 is 0 Å². The van der Waals surface area contributed by atoms with E-state index in [9.17, 15) is 18.0 Å². The first-order valence-electron chi connectivity index (χ1n) is 10.1. The summed E-state index contributed by atoms with van der Waals surface area (Å²) in [6.07, 6.45) is 1.51. The van der Waals surface area contributed by atoms with E-state index in [1.54, 1.807) is 0 Å². The second-order valence-electron chi connectivity index (χ2n) is 7.55. The summed E-state index contributed by atoms with van der Waals surface area (Å²) in [4.78, 5) is 28.7. The first-order valence-corrected chi connectivity index (χ1v) is 12.9. The Hall–Kier alpha value is -1.58.